The minimum Gasteiger partial charge on any atom is -0.473 e. The number of aliphatic carboxylic acids is 2. The van der Waals surface area contributed by atoms with Crippen molar-refractivity contribution in [3.05, 3.63) is 34.1 Å². The Labute approximate surface area is 177 Å². The number of rotatable bonds is 7. The number of thioether (sulfide) groups is 1. The number of carboxylic acid groups (broad SMARTS) is 2. The minimum atomic E-state index is -1.82. The summed E-state index contributed by atoms with van der Waals surface area (Å²) < 4.78 is 1.79. The zero-order chi connectivity index (χ0) is 21.3. The maximum atomic E-state index is 9.10. The van der Waals surface area contributed by atoms with Gasteiger partial charge in [0.05, 0.1) is 15.7 Å². The van der Waals surface area contributed by atoms with E-state index in [0.29, 0.717) is 10.0 Å². The van der Waals surface area contributed by atoms with Crippen molar-refractivity contribution in [2.24, 2.45) is 0 Å². The lowest BCUT2D eigenvalue weighted by Gasteiger charge is -2.16. The number of nitrogens with zero attached hydrogens (tertiary/aromatic N) is 4. The van der Waals surface area contributed by atoms with Crippen molar-refractivity contribution >= 4 is 46.9 Å². The molecule has 1 heterocycles. The third-order valence-corrected chi connectivity index (χ3v) is 5.17. The molecule has 0 aliphatic heterocycles. The molecule has 0 amide bonds. The average Bonchev–Trinajstić information content (AvgIpc) is 3.02. The van der Waals surface area contributed by atoms with Crippen LogP contribution >= 0.6 is 35.0 Å². The van der Waals surface area contributed by atoms with Crippen molar-refractivity contribution in [1.29, 1.82) is 0 Å². The van der Waals surface area contributed by atoms with Crippen LogP contribution in [-0.4, -0.2) is 67.2 Å². The van der Waals surface area contributed by atoms with Gasteiger partial charge in [-0.3, -0.25) is 0 Å². The largest absolute Gasteiger partial charge is 0.473 e. The van der Waals surface area contributed by atoms with Crippen LogP contribution in [0.4, 0.5) is 0 Å². The van der Waals surface area contributed by atoms with Crippen LogP contribution in [-0.2, 0) is 9.59 Å². The number of carboxylic acids is 2. The number of aromatic nitrogens is 3. The molecule has 0 bridgehead atoms. The lowest BCUT2D eigenvalue weighted by Crippen LogP contribution is -2.25. The van der Waals surface area contributed by atoms with Crippen LogP contribution in [0.1, 0.15) is 19.7 Å². The van der Waals surface area contributed by atoms with Gasteiger partial charge in [0.25, 0.3) is 0 Å². The average molecular weight is 449 g/mol. The Morgan fingerprint density at radius 1 is 1.14 bits per heavy atom. The molecule has 2 aromatic rings. The van der Waals surface area contributed by atoms with Gasteiger partial charge in [-0.2, -0.15) is 0 Å². The molecule has 0 radical (unpaired) electrons. The number of aryl methyl sites for hydroxylation is 1. The zero-order valence-electron chi connectivity index (χ0n) is 15.7. The molecule has 1 aromatic carbocycles. The highest BCUT2D eigenvalue weighted by atomic mass is 35.5. The van der Waals surface area contributed by atoms with Crippen molar-refractivity contribution < 1.29 is 19.8 Å². The maximum Gasteiger partial charge on any atom is 0.414 e. The van der Waals surface area contributed by atoms with E-state index in [0.717, 1.165) is 42.1 Å². The third-order valence-electron chi connectivity index (χ3n) is 3.61. The van der Waals surface area contributed by atoms with Gasteiger partial charge in [0.2, 0.25) is 5.16 Å². The molecule has 0 unspecified atom stereocenters. The molecule has 0 aliphatic rings. The van der Waals surface area contributed by atoms with Gasteiger partial charge in [0.15, 0.2) is 0 Å². The molecule has 2 N–H and O–H groups in total. The molecule has 1 aromatic heterocycles. The lowest BCUT2D eigenvalue weighted by molar-refractivity contribution is -0.159. The summed E-state index contributed by atoms with van der Waals surface area (Å²) in [5.74, 6) is -1.83. The first-order valence-corrected chi connectivity index (χ1v) is 10.1. The fourth-order valence-corrected chi connectivity index (χ4v) is 3.25. The second-order valence-electron chi connectivity index (χ2n) is 5.44. The van der Waals surface area contributed by atoms with Crippen LogP contribution < -0.4 is 0 Å². The Kier molecular flexibility index (Phi) is 10.3. The molecule has 0 saturated heterocycles. The topological polar surface area (TPSA) is 109 Å². The van der Waals surface area contributed by atoms with Gasteiger partial charge in [-0.05, 0) is 38.2 Å². The van der Waals surface area contributed by atoms with E-state index in [-0.39, 0.29) is 0 Å². The minimum absolute atomic E-state index is 0.518. The summed E-state index contributed by atoms with van der Waals surface area (Å²) >= 11 is 13.7. The van der Waals surface area contributed by atoms with E-state index in [2.05, 4.69) is 28.8 Å². The Hall–Kier alpha value is -1.81. The third kappa shape index (κ3) is 7.67. The monoisotopic (exact) mass is 448 g/mol. The molecule has 2 rings (SSSR count). The van der Waals surface area contributed by atoms with Crippen LogP contribution in [0, 0.1) is 6.92 Å². The summed E-state index contributed by atoms with van der Waals surface area (Å²) in [7, 11) is 0. The van der Waals surface area contributed by atoms with E-state index in [1.165, 1.54) is 0 Å². The second-order valence-corrected chi connectivity index (χ2v) is 7.31. The van der Waals surface area contributed by atoms with Crippen LogP contribution in [0.3, 0.4) is 0 Å². The molecule has 154 valence electrons. The SMILES string of the molecule is CCN(CC)CCSc1nc(C)n(-c2ccc(Cl)c(Cl)c2)n1.O=C(O)C(=O)O. The molecular weight excluding hydrogens is 427 g/mol. The van der Waals surface area contributed by atoms with Crippen molar-refractivity contribution in [1.82, 2.24) is 19.7 Å². The van der Waals surface area contributed by atoms with Gasteiger partial charge in [0.1, 0.15) is 5.82 Å². The number of halogens is 2. The van der Waals surface area contributed by atoms with E-state index < -0.39 is 11.9 Å². The first-order valence-electron chi connectivity index (χ1n) is 8.40. The van der Waals surface area contributed by atoms with Crippen molar-refractivity contribution in [3.63, 3.8) is 0 Å². The Morgan fingerprint density at radius 3 is 2.25 bits per heavy atom. The van der Waals surface area contributed by atoms with E-state index in [4.69, 9.17) is 43.0 Å². The fourth-order valence-electron chi connectivity index (χ4n) is 2.09. The first kappa shape index (κ1) is 24.2. The zero-order valence-corrected chi connectivity index (χ0v) is 18.1. The first-order chi connectivity index (χ1) is 13.2. The number of carbonyl (C=O) groups is 2. The van der Waals surface area contributed by atoms with Crippen molar-refractivity contribution in [3.8, 4) is 5.69 Å². The molecule has 0 fully saturated rings. The van der Waals surface area contributed by atoms with E-state index in [1.807, 2.05) is 13.0 Å². The summed E-state index contributed by atoms with van der Waals surface area (Å²) in [5.41, 5.74) is 0.870. The highest BCUT2D eigenvalue weighted by Gasteiger charge is 2.10. The summed E-state index contributed by atoms with van der Waals surface area (Å²) in [4.78, 5) is 25.1. The fraction of sp³-hybridized carbons (Fsp3) is 0.412. The molecule has 0 spiro atoms. The highest BCUT2D eigenvalue weighted by molar-refractivity contribution is 7.99. The van der Waals surface area contributed by atoms with Crippen LogP contribution in [0.25, 0.3) is 5.69 Å². The molecule has 28 heavy (non-hydrogen) atoms. The van der Waals surface area contributed by atoms with E-state index in [9.17, 15) is 0 Å². The summed E-state index contributed by atoms with van der Waals surface area (Å²) in [6.45, 7) is 9.47. The van der Waals surface area contributed by atoms with E-state index in [1.54, 1.807) is 28.6 Å². The van der Waals surface area contributed by atoms with Crippen LogP contribution in [0.5, 0.6) is 0 Å². The molecular formula is C17H22Cl2N4O4S. The number of hydrogen-bond donors (Lipinski definition) is 2. The van der Waals surface area contributed by atoms with Gasteiger partial charge in [-0.15, -0.1) is 5.10 Å². The van der Waals surface area contributed by atoms with Gasteiger partial charge in [-0.1, -0.05) is 48.8 Å². The molecule has 0 aliphatic carbocycles. The predicted octanol–water partition coefficient (Wildman–Crippen LogP) is 3.47. The normalized spacial score (nSPS) is 10.5. The summed E-state index contributed by atoms with van der Waals surface area (Å²) in [5, 5.41) is 21.2. The molecule has 0 atom stereocenters. The van der Waals surface area contributed by atoms with Crippen LogP contribution in [0.2, 0.25) is 10.0 Å². The number of benzene rings is 1. The van der Waals surface area contributed by atoms with Gasteiger partial charge in [-0.25, -0.2) is 19.3 Å². The van der Waals surface area contributed by atoms with Gasteiger partial charge >= 0.3 is 11.9 Å². The molecule has 11 heteroatoms. The maximum absolute atomic E-state index is 9.10. The second kappa shape index (κ2) is 11.9. The summed E-state index contributed by atoms with van der Waals surface area (Å²) in [6, 6.07) is 5.46. The molecule has 8 nitrogen and oxygen atoms in total. The Bertz CT molecular complexity index is 800. The number of hydrogen-bond acceptors (Lipinski definition) is 6. The molecule has 0 saturated carbocycles. The van der Waals surface area contributed by atoms with Gasteiger partial charge < -0.3 is 15.1 Å². The predicted molar refractivity (Wildman–Crippen MR) is 110 cm³/mol. The summed E-state index contributed by atoms with van der Waals surface area (Å²) in [6.07, 6.45) is 0. The Balaban J connectivity index is 0.000000568. The van der Waals surface area contributed by atoms with Gasteiger partial charge in [0, 0.05) is 12.3 Å². The van der Waals surface area contributed by atoms with Crippen LogP contribution in [0.15, 0.2) is 23.4 Å². The smallest absolute Gasteiger partial charge is 0.414 e. The quantitative estimate of drug-likeness (QED) is 0.489. The van der Waals surface area contributed by atoms with E-state index >= 15 is 0 Å². The lowest BCUT2D eigenvalue weighted by atomic mass is 10.3. The Morgan fingerprint density at radius 2 is 1.75 bits per heavy atom. The standard InChI is InChI=1S/C15H20Cl2N4S.C2H2O4/c1-4-20(5-2)8-9-22-15-18-11(3)21(19-15)12-6-7-13(16)14(17)10-12;3-1(4)2(5)6/h6-7,10H,4-5,8-9H2,1-3H3;(H,3,4)(H,5,6). The van der Waals surface area contributed by atoms with Crippen molar-refractivity contribution in [2.45, 2.75) is 25.9 Å². The van der Waals surface area contributed by atoms with Crippen molar-refractivity contribution in [2.75, 3.05) is 25.4 Å². The highest BCUT2D eigenvalue weighted by Crippen LogP contribution is 2.25.